The van der Waals surface area contributed by atoms with Crippen LogP contribution in [-0.4, -0.2) is 81.2 Å². The molecule has 2 N–H and O–H groups in total. The number of nitrogens with one attached hydrogen (secondary N) is 1. The van der Waals surface area contributed by atoms with E-state index in [2.05, 4.69) is 20.2 Å². The lowest BCUT2D eigenvalue weighted by atomic mass is 9.95. The summed E-state index contributed by atoms with van der Waals surface area (Å²) in [5.74, 6) is -0.764. The van der Waals surface area contributed by atoms with Crippen molar-refractivity contribution in [2.45, 2.75) is 55.9 Å². The predicted molar refractivity (Wildman–Crippen MR) is 148 cm³/mol. The number of ether oxygens (including phenoxy) is 1. The van der Waals surface area contributed by atoms with Gasteiger partial charge in [0.15, 0.2) is 5.82 Å². The van der Waals surface area contributed by atoms with Crippen LogP contribution >= 0.6 is 0 Å². The van der Waals surface area contributed by atoms with Crippen LogP contribution in [0, 0.1) is 11.8 Å². The molecule has 41 heavy (non-hydrogen) atoms. The summed E-state index contributed by atoms with van der Waals surface area (Å²) in [6.45, 7) is 2.87. The zero-order chi connectivity index (χ0) is 27.9. The summed E-state index contributed by atoms with van der Waals surface area (Å²) < 4.78 is 53.1. The molecule has 0 spiro atoms. The molecule has 4 atom stereocenters. The van der Waals surface area contributed by atoms with Gasteiger partial charge in [0, 0.05) is 54.7 Å². The largest absolute Gasteiger partial charge is 0.508 e. The number of phenols is 1. The fourth-order valence-corrected chi connectivity index (χ4v) is 7.67. The third-order valence-electron chi connectivity index (χ3n) is 9.48. The standard InChI is InChI=1S/C30H31F3N6O2/c31-18-12-30(7-2-8-38(30)13-18)16-41-29-35-28(37-14-19-5-6-20(15-37)34-19)25-11-23(27(33)39(25)36-29)22-10-21(40)9-17-3-1-4-24(32)26(17)22/h1,3-4,9-11,18-20,34,40H,2,5-8,12-16H2/t18-,19?,20?,30+/m1/s1. The molecule has 8 rings (SSSR count). The zero-order valence-electron chi connectivity index (χ0n) is 22.5. The van der Waals surface area contributed by atoms with Crippen molar-refractivity contribution in [3.8, 4) is 22.9 Å². The van der Waals surface area contributed by atoms with E-state index in [1.165, 1.54) is 22.7 Å². The molecule has 11 heteroatoms. The van der Waals surface area contributed by atoms with Gasteiger partial charge in [0.1, 0.15) is 29.9 Å². The van der Waals surface area contributed by atoms with E-state index < -0.39 is 23.5 Å². The Kier molecular flexibility index (Phi) is 5.66. The Morgan fingerprint density at radius 2 is 1.90 bits per heavy atom. The molecule has 4 aliphatic heterocycles. The molecule has 2 aromatic carbocycles. The minimum Gasteiger partial charge on any atom is -0.508 e. The van der Waals surface area contributed by atoms with Crippen LogP contribution in [0.1, 0.15) is 32.1 Å². The van der Waals surface area contributed by atoms with Gasteiger partial charge in [-0.15, -0.1) is 5.10 Å². The molecule has 2 unspecified atom stereocenters. The molecule has 0 saturated carbocycles. The quantitative estimate of drug-likeness (QED) is 0.372. The highest BCUT2D eigenvalue weighted by atomic mass is 19.1. The normalized spacial score (nSPS) is 27.8. The maximum Gasteiger partial charge on any atom is 0.336 e. The summed E-state index contributed by atoms with van der Waals surface area (Å²) in [7, 11) is 0. The van der Waals surface area contributed by atoms with Crippen molar-refractivity contribution >= 4 is 22.1 Å². The third-order valence-corrected chi connectivity index (χ3v) is 9.48. The average molecular weight is 565 g/mol. The maximum absolute atomic E-state index is 16.3. The number of phenolic OH excluding ortho intramolecular Hbond substituents is 1. The second kappa shape index (κ2) is 9.22. The second-order valence-corrected chi connectivity index (χ2v) is 12.1. The van der Waals surface area contributed by atoms with Gasteiger partial charge in [-0.2, -0.15) is 13.9 Å². The summed E-state index contributed by atoms with van der Waals surface area (Å²) in [6, 6.07) is 9.65. The monoisotopic (exact) mass is 564 g/mol. The van der Waals surface area contributed by atoms with E-state index in [0.29, 0.717) is 54.9 Å². The van der Waals surface area contributed by atoms with Crippen LogP contribution in [0.25, 0.3) is 27.4 Å². The first-order valence-electron chi connectivity index (χ1n) is 14.4. The molecule has 0 amide bonds. The fraction of sp³-hybridized carbons (Fsp3) is 0.467. The van der Waals surface area contributed by atoms with Crippen molar-refractivity contribution in [1.82, 2.24) is 24.8 Å². The number of nitrogens with zero attached hydrogens (tertiary/aromatic N) is 5. The van der Waals surface area contributed by atoms with Crippen molar-refractivity contribution in [2.24, 2.45) is 0 Å². The van der Waals surface area contributed by atoms with Gasteiger partial charge >= 0.3 is 6.01 Å². The molecule has 6 heterocycles. The average Bonchev–Trinajstić information content (AvgIpc) is 3.67. The van der Waals surface area contributed by atoms with Crippen molar-refractivity contribution in [1.29, 1.82) is 0 Å². The van der Waals surface area contributed by atoms with Crippen LogP contribution in [0.5, 0.6) is 11.8 Å². The molecule has 4 aromatic rings. The van der Waals surface area contributed by atoms with E-state index in [1.54, 1.807) is 18.2 Å². The number of fused-ring (bicyclic) bond motifs is 5. The summed E-state index contributed by atoms with van der Waals surface area (Å²) in [4.78, 5) is 9.09. The van der Waals surface area contributed by atoms with Crippen LogP contribution in [0.4, 0.5) is 19.0 Å². The second-order valence-electron chi connectivity index (χ2n) is 12.1. The number of rotatable bonds is 5. The van der Waals surface area contributed by atoms with E-state index in [0.717, 1.165) is 32.2 Å². The minimum absolute atomic E-state index is 0.0231. The van der Waals surface area contributed by atoms with E-state index in [4.69, 9.17) is 9.72 Å². The third kappa shape index (κ3) is 4.04. The SMILES string of the molecule is Oc1cc(-c2cc3c(N4CC5CCC(C4)N5)nc(OC[C@@]45CCCN4C[C@H](F)C5)nn3c2F)c2c(F)cccc2c1. The minimum atomic E-state index is -0.892. The lowest BCUT2D eigenvalue weighted by molar-refractivity contribution is 0.106. The number of benzene rings is 2. The number of aromatic nitrogens is 3. The molecule has 214 valence electrons. The summed E-state index contributed by atoms with van der Waals surface area (Å²) in [5.41, 5.74) is 0.378. The van der Waals surface area contributed by atoms with Crippen LogP contribution in [0.15, 0.2) is 36.4 Å². The van der Waals surface area contributed by atoms with Crippen LogP contribution in [0.3, 0.4) is 0 Å². The van der Waals surface area contributed by atoms with Crippen molar-refractivity contribution in [2.75, 3.05) is 37.7 Å². The van der Waals surface area contributed by atoms with Gasteiger partial charge in [0.25, 0.3) is 0 Å². The molecular formula is C30H31F3N6O2. The Labute approximate surface area is 234 Å². The molecule has 4 fully saturated rings. The number of hydrogen-bond donors (Lipinski definition) is 2. The van der Waals surface area contributed by atoms with E-state index >= 15 is 8.78 Å². The first-order chi connectivity index (χ1) is 19.9. The molecule has 0 aliphatic carbocycles. The molecule has 4 saturated heterocycles. The lowest BCUT2D eigenvalue weighted by Crippen LogP contribution is -2.51. The molecule has 8 nitrogen and oxygen atoms in total. The Balaban J connectivity index is 1.25. The summed E-state index contributed by atoms with van der Waals surface area (Å²) in [6.07, 6.45) is 3.45. The smallest absolute Gasteiger partial charge is 0.336 e. The van der Waals surface area contributed by atoms with E-state index in [-0.39, 0.29) is 34.9 Å². The van der Waals surface area contributed by atoms with Crippen LogP contribution in [0.2, 0.25) is 0 Å². The maximum atomic E-state index is 16.3. The zero-order valence-corrected chi connectivity index (χ0v) is 22.5. The first-order valence-corrected chi connectivity index (χ1v) is 14.4. The molecule has 2 aromatic heterocycles. The van der Waals surface area contributed by atoms with Gasteiger partial charge in [0.2, 0.25) is 5.95 Å². The first kappa shape index (κ1) is 25.2. The van der Waals surface area contributed by atoms with Gasteiger partial charge in [0.05, 0.1) is 5.54 Å². The molecular weight excluding hydrogens is 533 g/mol. The number of anilines is 1. The molecule has 0 radical (unpaired) electrons. The van der Waals surface area contributed by atoms with E-state index in [9.17, 15) is 9.50 Å². The summed E-state index contributed by atoms with van der Waals surface area (Å²) in [5, 5.41) is 19.2. The van der Waals surface area contributed by atoms with Crippen LogP contribution < -0.4 is 15.0 Å². The highest BCUT2D eigenvalue weighted by Gasteiger charge is 2.49. The number of halogens is 3. The van der Waals surface area contributed by atoms with Gasteiger partial charge in [-0.1, -0.05) is 12.1 Å². The highest BCUT2D eigenvalue weighted by molar-refractivity contribution is 5.99. The van der Waals surface area contributed by atoms with Crippen molar-refractivity contribution < 1.29 is 23.0 Å². The topological polar surface area (TPSA) is 78.2 Å². The fourth-order valence-electron chi connectivity index (χ4n) is 7.67. The number of alkyl halides is 1. The molecule has 4 aliphatic rings. The van der Waals surface area contributed by atoms with Gasteiger partial charge < -0.3 is 20.1 Å². The Morgan fingerprint density at radius 3 is 2.73 bits per heavy atom. The predicted octanol–water partition coefficient (Wildman–Crippen LogP) is 4.43. The summed E-state index contributed by atoms with van der Waals surface area (Å²) >= 11 is 0. The Bertz CT molecular complexity index is 1670. The van der Waals surface area contributed by atoms with Crippen molar-refractivity contribution in [3.63, 3.8) is 0 Å². The number of aromatic hydroxyl groups is 1. The Hall–Kier alpha value is -3.57. The molecule has 2 bridgehead atoms. The van der Waals surface area contributed by atoms with Crippen LogP contribution in [-0.2, 0) is 0 Å². The highest BCUT2D eigenvalue weighted by Crippen LogP contribution is 2.41. The number of hydrogen-bond acceptors (Lipinski definition) is 7. The van der Waals surface area contributed by atoms with Gasteiger partial charge in [-0.3, -0.25) is 4.90 Å². The van der Waals surface area contributed by atoms with Gasteiger partial charge in [-0.05, 0) is 61.9 Å². The lowest BCUT2D eigenvalue weighted by Gasteiger charge is -2.34. The van der Waals surface area contributed by atoms with Gasteiger partial charge in [-0.25, -0.2) is 8.78 Å². The Morgan fingerprint density at radius 1 is 1.07 bits per heavy atom. The number of piperazine rings is 1. The van der Waals surface area contributed by atoms with Crippen molar-refractivity contribution in [3.05, 3.63) is 48.2 Å². The van der Waals surface area contributed by atoms with E-state index in [1.807, 2.05) is 0 Å².